The first-order valence-corrected chi connectivity index (χ1v) is 8.54. The molecule has 6 heteroatoms. The summed E-state index contributed by atoms with van der Waals surface area (Å²) in [6, 6.07) is 6.01. The maximum absolute atomic E-state index is 13.3. The number of halogens is 1. The number of amides is 2. The molecule has 2 aliphatic rings. The molecule has 0 radical (unpaired) electrons. The van der Waals surface area contributed by atoms with Crippen molar-refractivity contribution in [3.05, 3.63) is 35.6 Å². The van der Waals surface area contributed by atoms with Crippen LogP contribution in [-0.2, 0) is 20.7 Å². The first-order chi connectivity index (χ1) is 11.6. The largest absolute Gasteiger partial charge is 0.378 e. The van der Waals surface area contributed by atoms with Crippen LogP contribution in [0.5, 0.6) is 0 Å². The van der Waals surface area contributed by atoms with Crippen molar-refractivity contribution >= 4 is 11.8 Å². The van der Waals surface area contributed by atoms with Gasteiger partial charge in [-0.05, 0) is 30.5 Å². The number of carbonyl (C=O) groups excluding carboxylic acids is 2. The minimum absolute atomic E-state index is 0.00607. The number of hydrogen-bond donors (Lipinski definition) is 1. The summed E-state index contributed by atoms with van der Waals surface area (Å²) >= 11 is 0. The Morgan fingerprint density at radius 3 is 3.04 bits per heavy atom. The van der Waals surface area contributed by atoms with E-state index in [0.717, 1.165) is 19.3 Å². The Labute approximate surface area is 141 Å². The van der Waals surface area contributed by atoms with Crippen molar-refractivity contribution in [3.8, 4) is 0 Å². The number of carbonyl (C=O) groups is 2. The molecule has 130 valence electrons. The molecule has 2 fully saturated rings. The molecule has 24 heavy (non-hydrogen) atoms. The van der Waals surface area contributed by atoms with Gasteiger partial charge in [0.2, 0.25) is 11.8 Å². The molecule has 1 aromatic rings. The van der Waals surface area contributed by atoms with Crippen LogP contribution in [0.25, 0.3) is 0 Å². The summed E-state index contributed by atoms with van der Waals surface area (Å²) in [7, 11) is 0. The molecule has 1 aromatic carbocycles. The van der Waals surface area contributed by atoms with Crippen molar-refractivity contribution < 1.29 is 18.7 Å². The van der Waals surface area contributed by atoms with E-state index < -0.39 is 0 Å². The highest BCUT2D eigenvalue weighted by Gasteiger charge is 2.38. The molecule has 1 saturated carbocycles. The minimum Gasteiger partial charge on any atom is -0.378 e. The van der Waals surface area contributed by atoms with Crippen molar-refractivity contribution in [1.29, 1.82) is 0 Å². The zero-order valence-electron chi connectivity index (χ0n) is 13.7. The van der Waals surface area contributed by atoms with Crippen LogP contribution in [0.15, 0.2) is 24.3 Å². The Hall–Kier alpha value is -1.95. The molecule has 1 N–H and O–H groups in total. The normalized spacial score (nSPS) is 25.0. The second kappa shape index (κ2) is 7.75. The van der Waals surface area contributed by atoms with Crippen molar-refractivity contribution in [2.45, 2.75) is 31.7 Å². The smallest absolute Gasteiger partial charge is 0.227 e. The molecule has 1 aliphatic carbocycles. The van der Waals surface area contributed by atoms with Crippen LogP contribution in [0.4, 0.5) is 4.39 Å². The molecule has 1 aliphatic heterocycles. The van der Waals surface area contributed by atoms with Gasteiger partial charge >= 0.3 is 0 Å². The van der Waals surface area contributed by atoms with Gasteiger partial charge in [-0.2, -0.15) is 0 Å². The van der Waals surface area contributed by atoms with Crippen LogP contribution < -0.4 is 5.32 Å². The fourth-order valence-corrected chi connectivity index (χ4v) is 3.66. The van der Waals surface area contributed by atoms with Crippen molar-refractivity contribution in [2.24, 2.45) is 5.92 Å². The fraction of sp³-hybridized carbons (Fsp3) is 0.556. The molecular formula is C18H23FN2O3. The molecule has 2 unspecified atom stereocenters. The van der Waals surface area contributed by atoms with Gasteiger partial charge < -0.3 is 15.0 Å². The SMILES string of the molecule is O=C1NCCOCCN(C(=O)Cc2cccc(F)c2)C2CCCC12. The quantitative estimate of drug-likeness (QED) is 0.892. The summed E-state index contributed by atoms with van der Waals surface area (Å²) in [5.41, 5.74) is 0.650. The third-order valence-electron chi connectivity index (χ3n) is 4.80. The number of hydrogen-bond acceptors (Lipinski definition) is 3. The van der Waals surface area contributed by atoms with E-state index in [9.17, 15) is 14.0 Å². The summed E-state index contributed by atoms with van der Waals surface area (Å²) in [6.45, 7) is 1.89. The van der Waals surface area contributed by atoms with E-state index in [1.54, 1.807) is 17.0 Å². The number of rotatable bonds is 2. The van der Waals surface area contributed by atoms with Crippen LogP contribution >= 0.6 is 0 Å². The predicted octanol–water partition coefficient (Wildman–Crippen LogP) is 1.51. The molecule has 1 saturated heterocycles. The lowest BCUT2D eigenvalue weighted by Crippen LogP contribution is -2.50. The zero-order chi connectivity index (χ0) is 16.9. The maximum Gasteiger partial charge on any atom is 0.227 e. The third-order valence-corrected chi connectivity index (χ3v) is 4.80. The maximum atomic E-state index is 13.3. The molecule has 0 bridgehead atoms. The van der Waals surface area contributed by atoms with Gasteiger partial charge in [-0.25, -0.2) is 4.39 Å². The van der Waals surface area contributed by atoms with Gasteiger partial charge in [-0.15, -0.1) is 0 Å². The summed E-state index contributed by atoms with van der Waals surface area (Å²) in [4.78, 5) is 26.9. The monoisotopic (exact) mass is 334 g/mol. The minimum atomic E-state index is -0.345. The first-order valence-electron chi connectivity index (χ1n) is 8.54. The molecule has 0 spiro atoms. The highest BCUT2D eigenvalue weighted by atomic mass is 19.1. The predicted molar refractivity (Wildman–Crippen MR) is 86.8 cm³/mol. The summed E-state index contributed by atoms with van der Waals surface area (Å²) in [6.07, 6.45) is 2.71. The molecule has 3 rings (SSSR count). The summed E-state index contributed by atoms with van der Waals surface area (Å²) in [5.74, 6) is -0.566. The van der Waals surface area contributed by atoms with E-state index in [4.69, 9.17) is 4.74 Å². The van der Waals surface area contributed by atoms with Crippen LogP contribution in [0.2, 0.25) is 0 Å². The standard InChI is InChI=1S/C18H23FN2O3/c19-14-4-1-3-13(11-14)12-17(22)21-8-10-24-9-7-20-18(23)15-5-2-6-16(15)21/h1,3-4,11,15-16H,2,5-10,12H2,(H,20,23). The average Bonchev–Trinajstić information content (AvgIpc) is 3.03. The van der Waals surface area contributed by atoms with E-state index in [1.807, 2.05) is 0 Å². The Morgan fingerprint density at radius 2 is 2.21 bits per heavy atom. The van der Waals surface area contributed by atoms with Gasteiger partial charge in [-0.1, -0.05) is 18.6 Å². The lowest BCUT2D eigenvalue weighted by Gasteiger charge is -2.33. The lowest BCUT2D eigenvalue weighted by molar-refractivity contribution is -0.137. The number of fused-ring (bicyclic) bond motifs is 1. The Balaban J connectivity index is 1.76. The zero-order valence-corrected chi connectivity index (χ0v) is 13.7. The molecular weight excluding hydrogens is 311 g/mol. The second-order valence-electron chi connectivity index (χ2n) is 6.40. The molecule has 2 amide bonds. The topological polar surface area (TPSA) is 58.6 Å². The van der Waals surface area contributed by atoms with Crippen LogP contribution in [0.3, 0.4) is 0 Å². The fourth-order valence-electron chi connectivity index (χ4n) is 3.66. The molecule has 0 aromatic heterocycles. The van der Waals surface area contributed by atoms with Crippen LogP contribution in [0, 0.1) is 11.7 Å². The van der Waals surface area contributed by atoms with Crippen molar-refractivity contribution in [1.82, 2.24) is 10.2 Å². The Kier molecular flexibility index (Phi) is 5.45. The van der Waals surface area contributed by atoms with Crippen LogP contribution in [0.1, 0.15) is 24.8 Å². The van der Waals surface area contributed by atoms with Crippen molar-refractivity contribution in [2.75, 3.05) is 26.3 Å². The van der Waals surface area contributed by atoms with Crippen LogP contribution in [-0.4, -0.2) is 49.1 Å². The summed E-state index contributed by atoms with van der Waals surface area (Å²) < 4.78 is 18.8. The number of benzene rings is 1. The van der Waals surface area contributed by atoms with E-state index in [2.05, 4.69) is 5.32 Å². The Bertz CT molecular complexity index is 608. The van der Waals surface area contributed by atoms with E-state index in [1.165, 1.54) is 12.1 Å². The van der Waals surface area contributed by atoms with E-state index >= 15 is 0 Å². The van der Waals surface area contributed by atoms with Gasteiger partial charge in [-0.3, -0.25) is 9.59 Å². The molecule has 1 heterocycles. The second-order valence-corrected chi connectivity index (χ2v) is 6.40. The van der Waals surface area contributed by atoms with Gasteiger partial charge in [0.05, 0.1) is 25.6 Å². The summed E-state index contributed by atoms with van der Waals surface area (Å²) in [5, 5.41) is 2.89. The van der Waals surface area contributed by atoms with E-state index in [0.29, 0.717) is 31.9 Å². The molecule has 5 nitrogen and oxygen atoms in total. The van der Waals surface area contributed by atoms with Gasteiger partial charge in [0.15, 0.2) is 0 Å². The average molecular weight is 334 g/mol. The Morgan fingerprint density at radius 1 is 1.33 bits per heavy atom. The van der Waals surface area contributed by atoms with Gasteiger partial charge in [0.25, 0.3) is 0 Å². The van der Waals surface area contributed by atoms with Gasteiger partial charge in [0.1, 0.15) is 5.82 Å². The lowest BCUT2D eigenvalue weighted by atomic mass is 9.99. The van der Waals surface area contributed by atoms with Gasteiger partial charge in [0, 0.05) is 19.1 Å². The van der Waals surface area contributed by atoms with E-state index in [-0.39, 0.29) is 36.0 Å². The number of nitrogens with one attached hydrogen (secondary N) is 1. The number of ether oxygens (including phenoxy) is 1. The highest BCUT2D eigenvalue weighted by molar-refractivity contribution is 5.83. The molecule has 2 atom stereocenters. The highest BCUT2D eigenvalue weighted by Crippen LogP contribution is 2.31. The number of nitrogens with zero attached hydrogens (tertiary/aromatic N) is 1. The third kappa shape index (κ3) is 3.93. The first kappa shape index (κ1) is 16.9. The van der Waals surface area contributed by atoms with Crippen molar-refractivity contribution in [3.63, 3.8) is 0 Å².